The van der Waals surface area contributed by atoms with E-state index in [1.165, 1.54) is 37.3 Å². The van der Waals surface area contributed by atoms with Crippen molar-refractivity contribution in [3.63, 3.8) is 0 Å². The summed E-state index contributed by atoms with van der Waals surface area (Å²) in [6, 6.07) is 17.7. The molecule has 0 fully saturated rings. The lowest BCUT2D eigenvalue weighted by atomic mass is 10.1. The van der Waals surface area contributed by atoms with E-state index in [0.717, 1.165) is 32.7 Å². The predicted octanol–water partition coefficient (Wildman–Crippen LogP) is 5.30. The number of carbonyl (C=O) groups excluding carboxylic acids is 2. The minimum Gasteiger partial charge on any atom is -0.493 e. The summed E-state index contributed by atoms with van der Waals surface area (Å²) in [4.78, 5) is 28.5. The molecule has 0 aliphatic rings. The molecular formula is C31H38BrN3O6S. The van der Waals surface area contributed by atoms with Crippen molar-refractivity contribution in [2.24, 2.45) is 0 Å². The highest BCUT2D eigenvalue weighted by atomic mass is 79.9. The summed E-state index contributed by atoms with van der Waals surface area (Å²) in [6.45, 7) is 5.63. The van der Waals surface area contributed by atoms with Crippen LogP contribution in [0.1, 0.15) is 37.8 Å². The monoisotopic (exact) mass is 659 g/mol. The summed E-state index contributed by atoms with van der Waals surface area (Å²) in [5.41, 5.74) is 2.03. The van der Waals surface area contributed by atoms with Gasteiger partial charge in [-0.2, -0.15) is 0 Å². The Bertz CT molecular complexity index is 1480. The molecule has 11 heteroatoms. The summed E-state index contributed by atoms with van der Waals surface area (Å²) >= 11 is 3.46. The van der Waals surface area contributed by atoms with E-state index >= 15 is 0 Å². The van der Waals surface area contributed by atoms with Crippen molar-refractivity contribution in [1.29, 1.82) is 0 Å². The quantitative estimate of drug-likeness (QED) is 0.235. The highest BCUT2D eigenvalue weighted by Gasteiger charge is 2.33. The van der Waals surface area contributed by atoms with Gasteiger partial charge in [0, 0.05) is 23.6 Å². The second-order valence-electron chi connectivity index (χ2n) is 9.84. The zero-order valence-electron chi connectivity index (χ0n) is 24.6. The maximum Gasteiger partial charge on any atom is 0.264 e. The average molecular weight is 661 g/mol. The molecule has 9 nitrogen and oxygen atoms in total. The van der Waals surface area contributed by atoms with Crippen molar-refractivity contribution in [3.05, 3.63) is 82.3 Å². The van der Waals surface area contributed by atoms with Gasteiger partial charge in [0.15, 0.2) is 11.5 Å². The number of aryl methyl sites for hydroxylation is 1. The van der Waals surface area contributed by atoms with E-state index in [9.17, 15) is 18.0 Å². The topological polar surface area (TPSA) is 105 Å². The third kappa shape index (κ3) is 8.25. The van der Waals surface area contributed by atoms with Crippen LogP contribution in [0.2, 0.25) is 0 Å². The van der Waals surface area contributed by atoms with Gasteiger partial charge in [0.2, 0.25) is 11.8 Å². The van der Waals surface area contributed by atoms with Gasteiger partial charge in [0.1, 0.15) is 12.6 Å². The van der Waals surface area contributed by atoms with Gasteiger partial charge in [-0.15, -0.1) is 0 Å². The highest BCUT2D eigenvalue weighted by molar-refractivity contribution is 9.10. The Labute approximate surface area is 257 Å². The van der Waals surface area contributed by atoms with Gasteiger partial charge >= 0.3 is 0 Å². The third-order valence-corrected chi connectivity index (χ3v) is 9.05. The fourth-order valence-electron chi connectivity index (χ4n) is 4.29. The number of unbranched alkanes of at least 4 members (excludes halogenated alkanes) is 1. The van der Waals surface area contributed by atoms with Crippen LogP contribution in [-0.4, -0.2) is 58.5 Å². The SMILES string of the molecule is CCCCNC(=O)[C@@H](C)N(Cc1cccc(Br)c1)C(=O)CN(c1ccc(C)cc1)S(=O)(=O)c1ccc(OC)c(OC)c1. The van der Waals surface area contributed by atoms with E-state index in [0.29, 0.717) is 18.0 Å². The summed E-state index contributed by atoms with van der Waals surface area (Å²) in [7, 11) is -1.37. The van der Waals surface area contributed by atoms with E-state index in [1.54, 1.807) is 31.2 Å². The van der Waals surface area contributed by atoms with Gasteiger partial charge in [-0.3, -0.25) is 13.9 Å². The van der Waals surface area contributed by atoms with E-state index in [4.69, 9.17) is 9.47 Å². The third-order valence-electron chi connectivity index (χ3n) is 6.78. The van der Waals surface area contributed by atoms with Gasteiger partial charge < -0.3 is 19.7 Å². The molecule has 0 aliphatic heterocycles. The summed E-state index contributed by atoms with van der Waals surface area (Å²) in [5.74, 6) is -0.228. The molecule has 3 aromatic rings. The van der Waals surface area contributed by atoms with Crippen LogP contribution in [0, 0.1) is 6.92 Å². The first-order valence-electron chi connectivity index (χ1n) is 13.6. The van der Waals surface area contributed by atoms with Gasteiger partial charge in [0.05, 0.1) is 24.8 Å². The number of nitrogens with zero attached hydrogens (tertiary/aromatic N) is 2. The Morgan fingerprint density at radius 1 is 0.976 bits per heavy atom. The lowest BCUT2D eigenvalue weighted by Gasteiger charge is -2.32. The molecule has 3 rings (SSSR count). The molecule has 1 atom stereocenters. The number of nitrogens with one attached hydrogen (secondary N) is 1. The molecular weight excluding hydrogens is 622 g/mol. The Kier molecular flexibility index (Phi) is 11.8. The first-order valence-corrected chi connectivity index (χ1v) is 15.9. The van der Waals surface area contributed by atoms with Crippen LogP contribution in [0.15, 0.2) is 76.1 Å². The number of methoxy groups -OCH3 is 2. The Hall–Kier alpha value is -3.57. The number of anilines is 1. The number of ether oxygens (including phenoxy) is 2. The Balaban J connectivity index is 2.04. The number of benzene rings is 3. The van der Waals surface area contributed by atoms with Gasteiger partial charge in [-0.05, 0) is 62.2 Å². The predicted molar refractivity (Wildman–Crippen MR) is 167 cm³/mol. The molecule has 0 aliphatic carbocycles. The number of hydrogen-bond acceptors (Lipinski definition) is 6. The van der Waals surface area contributed by atoms with E-state index in [-0.39, 0.29) is 23.1 Å². The molecule has 42 heavy (non-hydrogen) atoms. The fourth-order valence-corrected chi connectivity index (χ4v) is 6.17. The number of amides is 2. The van der Waals surface area contributed by atoms with Crippen LogP contribution in [0.3, 0.4) is 0 Å². The Morgan fingerprint density at radius 2 is 1.67 bits per heavy atom. The van der Waals surface area contributed by atoms with Crippen molar-refractivity contribution in [3.8, 4) is 11.5 Å². The van der Waals surface area contributed by atoms with Crippen LogP contribution in [-0.2, 0) is 26.2 Å². The number of halogens is 1. The fraction of sp³-hybridized carbons (Fsp3) is 0.355. The zero-order valence-corrected chi connectivity index (χ0v) is 27.0. The molecule has 0 unspecified atom stereocenters. The second kappa shape index (κ2) is 15.1. The molecule has 3 aromatic carbocycles. The van der Waals surface area contributed by atoms with Crippen molar-refractivity contribution in [1.82, 2.24) is 10.2 Å². The van der Waals surface area contributed by atoms with E-state index in [2.05, 4.69) is 21.2 Å². The lowest BCUT2D eigenvalue weighted by Crippen LogP contribution is -2.51. The molecule has 226 valence electrons. The van der Waals surface area contributed by atoms with Crippen molar-refractivity contribution in [2.75, 3.05) is 31.6 Å². The van der Waals surface area contributed by atoms with Crippen LogP contribution in [0.4, 0.5) is 5.69 Å². The summed E-state index contributed by atoms with van der Waals surface area (Å²) < 4.78 is 40.7. The van der Waals surface area contributed by atoms with Crippen LogP contribution >= 0.6 is 15.9 Å². The van der Waals surface area contributed by atoms with Crippen LogP contribution in [0.5, 0.6) is 11.5 Å². The van der Waals surface area contributed by atoms with Gasteiger partial charge in [0.25, 0.3) is 10.0 Å². The first-order chi connectivity index (χ1) is 20.0. The lowest BCUT2D eigenvalue weighted by molar-refractivity contribution is -0.139. The number of sulfonamides is 1. The van der Waals surface area contributed by atoms with Gasteiger partial charge in [-0.25, -0.2) is 8.42 Å². The number of carbonyl (C=O) groups is 2. The normalized spacial score (nSPS) is 11.9. The molecule has 0 heterocycles. The molecule has 0 aromatic heterocycles. The van der Waals surface area contributed by atoms with E-state index < -0.39 is 28.5 Å². The molecule has 2 amide bonds. The summed E-state index contributed by atoms with van der Waals surface area (Å²) in [5, 5.41) is 2.89. The molecule has 0 spiro atoms. The minimum absolute atomic E-state index is 0.0718. The average Bonchev–Trinajstić information content (AvgIpc) is 2.98. The first kappa shape index (κ1) is 32.9. The highest BCUT2D eigenvalue weighted by Crippen LogP contribution is 2.32. The standard InChI is InChI=1S/C31H38BrN3O6S/c1-6-7-17-33-31(37)23(3)34(20-24-9-8-10-25(32)18-24)30(36)21-35(26-13-11-22(2)12-14-26)42(38,39)27-15-16-28(40-4)29(19-27)41-5/h8-16,18-19,23H,6-7,17,20-21H2,1-5H3,(H,33,37)/t23-/m1/s1. The molecule has 0 saturated heterocycles. The molecule has 0 bridgehead atoms. The van der Waals surface area contributed by atoms with Crippen molar-refractivity contribution >= 4 is 43.5 Å². The van der Waals surface area contributed by atoms with Crippen molar-refractivity contribution < 1.29 is 27.5 Å². The molecule has 1 N–H and O–H groups in total. The van der Waals surface area contributed by atoms with Crippen molar-refractivity contribution in [2.45, 2.75) is 51.1 Å². The largest absolute Gasteiger partial charge is 0.493 e. The second-order valence-corrected chi connectivity index (χ2v) is 12.6. The van der Waals surface area contributed by atoms with Crippen LogP contribution in [0.25, 0.3) is 0 Å². The maximum atomic E-state index is 14.1. The smallest absolute Gasteiger partial charge is 0.264 e. The molecule has 0 radical (unpaired) electrons. The minimum atomic E-state index is -4.25. The van der Waals surface area contributed by atoms with E-state index in [1.807, 2.05) is 38.1 Å². The molecule has 0 saturated carbocycles. The zero-order chi connectivity index (χ0) is 30.9. The maximum absolute atomic E-state index is 14.1. The van der Waals surface area contributed by atoms with Gasteiger partial charge in [-0.1, -0.05) is 59.1 Å². The van der Waals surface area contributed by atoms with Crippen LogP contribution < -0.4 is 19.1 Å². The number of rotatable bonds is 14. The Morgan fingerprint density at radius 3 is 2.29 bits per heavy atom. The summed E-state index contributed by atoms with van der Waals surface area (Å²) in [6.07, 6.45) is 1.72. The number of hydrogen-bond donors (Lipinski definition) is 1.